The lowest BCUT2D eigenvalue weighted by Crippen LogP contribution is -2.28. The number of carbonyl (C=O) groups is 1. The molecule has 1 fully saturated rings. The number of hydrogen-bond acceptors (Lipinski definition) is 4. The van der Waals surface area contributed by atoms with Gasteiger partial charge in [-0.15, -0.1) is 0 Å². The number of likely N-dealkylation sites (tertiary alicyclic amines) is 1. The zero-order valence-electron chi connectivity index (χ0n) is 15.0. The molecule has 26 heavy (non-hydrogen) atoms. The molecule has 1 radical (unpaired) electrons. The van der Waals surface area contributed by atoms with Gasteiger partial charge >= 0.3 is 0 Å². The second kappa shape index (κ2) is 7.64. The summed E-state index contributed by atoms with van der Waals surface area (Å²) in [6.45, 7) is 0.940. The van der Waals surface area contributed by atoms with Crippen molar-refractivity contribution in [3.63, 3.8) is 0 Å². The fourth-order valence-electron chi connectivity index (χ4n) is 3.19. The lowest BCUT2D eigenvalue weighted by molar-refractivity contribution is 0.0794. The highest BCUT2D eigenvalue weighted by molar-refractivity contribution is 5.96. The second-order valence-corrected chi connectivity index (χ2v) is 5.97. The Morgan fingerprint density at radius 2 is 1.69 bits per heavy atom. The molecule has 0 bridgehead atoms. The van der Waals surface area contributed by atoms with Crippen molar-refractivity contribution in [2.45, 2.75) is 6.42 Å². The number of carbonyl (C=O) groups excluding carboxylic acids is 1. The van der Waals surface area contributed by atoms with Crippen molar-refractivity contribution in [3.8, 4) is 17.2 Å². The standard InChI is InChI=1S/C20H21FNO4/c1-24-17-10-14(11-18(25-2)19(17)26-3)20(23)22-9-8-13(12-22)15-6-4-5-7-16(15)21/h4-7,10-11H,8-9,12H2,1-3H3. The van der Waals surface area contributed by atoms with Crippen LogP contribution in [-0.2, 0) is 0 Å². The Labute approximate surface area is 152 Å². The second-order valence-electron chi connectivity index (χ2n) is 5.97. The summed E-state index contributed by atoms with van der Waals surface area (Å²) in [5, 5.41) is 0. The fraction of sp³-hybridized carbons (Fsp3) is 0.300. The SMILES string of the molecule is COc1cc(C(=O)N2CC[C](c3ccccc3F)C2)cc(OC)c1OC. The predicted molar refractivity (Wildman–Crippen MR) is 95.4 cm³/mol. The van der Waals surface area contributed by atoms with Crippen LogP contribution >= 0.6 is 0 Å². The van der Waals surface area contributed by atoms with Crippen LogP contribution in [-0.4, -0.2) is 45.2 Å². The maximum atomic E-state index is 14.0. The van der Waals surface area contributed by atoms with Crippen LogP contribution in [0.1, 0.15) is 22.3 Å². The van der Waals surface area contributed by atoms with Crippen molar-refractivity contribution in [2.75, 3.05) is 34.4 Å². The summed E-state index contributed by atoms with van der Waals surface area (Å²) in [7, 11) is 4.52. The molecule has 0 aliphatic carbocycles. The molecule has 1 saturated heterocycles. The van der Waals surface area contributed by atoms with Crippen molar-refractivity contribution in [2.24, 2.45) is 0 Å². The first kappa shape index (κ1) is 18.0. The van der Waals surface area contributed by atoms with E-state index in [4.69, 9.17) is 14.2 Å². The van der Waals surface area contributed by atoms with Gasteiger partial charge in [0.1, 0.15) is 5.82 Å². The fourth-order valence-corrected chi connectivity index (χ4v) is 3.19. The molecule has 1 aliphatic heterocycles. The van der Waals surface area contributed by atoms with Crippen molar-refractivity contribution < 1.29 is 23.4 Å². The number of methoxy groups -OCH3 is 3. The highest BCUT2D eigenvalue weighted by Gasteiger charge is 2.31. The molecular weight excluding hydrogens is 337 g/mol. The van der Waals surface area contributed by atoms with Crippen LogP contribution in [0.5, 0.6) is 17.2 Å². The lowest BCUT2D eigenvalue weighted by Gasteiger charge is -2.19. The van der Waals surface area contributed by atoms with Gasteiger partial charge in [-0.2, -0.15) is 0 Å². The Hall–Kier alpha value is -2.76. The molecule has 0 saturated carbocycles. The highest BCUT2D eigenvalue weighted by Crippen LogP contribution is 2.39. The van der Waals surface area contributed by atoms with Gasteiger partial charge in [-0.3, -0.25) is 4.79 Å². The van der Waals surface area contributed by atoms with Gasteiger partial charge in [-0.1, -0.05) is 18.2 Å². The third-order valence-electron chi connectivity index (χ3n) is 4.52. The van der Waals surface area contributed by atoms with E-state index < -0.39 is 0 Å². The van der Waals surface area contributed by atoms with Gasteiger partial charge in [0.15, 0.2) is 11.5 Å². The van der Waals surface area contributed by atoms with E-state index in [1.165, 1.54) is 27.4 Å². The smallest absolute Gasteiger partial charge is 0.254 e. The van der Waals surface area contributed by atoms with Crippen LogP contribution < -0.4 is 14.2 Å². The molecule has 1 aliphatic rings. The Morgan fingerprint density at radius 3 is 2.27 bits per heavy atom. The van der Waals surface area contributed by atoms with Gasteiger partial charge in [0.2, 0.25) is 5.75 Å². The molecule has 5 nitrogen and oxygen atoms in total. The minimum absolute atomic E-state index is 0.157. The van der Waals surface area contributed by atoms with Gasteiger partial charge in [0, 0.05) is 24.6 Å². The van der Waals surface area contributed by atoms with Crippen LogP contribution in [0.25, 0.3) is 0 Å². The lowest BCUT2D eigenvalue weighted by atomic mass is 9.98. The van der Waals surface area contributed by atoms with E-state index in [1.54, 1.807) is 35.2 Å². The Morgan fingerprint density at radius 1 is 1.04 bits per heavy atom. The summed E-state index contributed by atoms with van der Waals surface area (Å²) in [4.78, 5) is 14.6. The molecule has 137 valence electrons. The Balaban J connectivity index is 1.83. The maximum Gasteiger partial charge on any atom is 0.254 e. The van der Waals surface area contributed by atoms with Gasteiger partial charge < -0.3 is 19.1 Å². The van der Waals surface area contributed by atoms with E-state index >= 15 is 0 Å². The number of halogens is 1. The summed E-state index contributed by atoms with van der Waals surface area (Å²) in [6.07, 6.45) is 0.650. The van der Waals surface area contributed by atoms with Gasteiger partial charge in [-0.05, 0) is 30.2 Å². The average molecular weight is 358 g/mol. The Kier molecular flexibility index (Phi) is 5.30. The minimum atomic E-state index is -0.260. The normalized spacial score (nSPS) is 14.4. The van der Waals surface area contributed by atoms with Crippen LogP contribution in [0.15, 0.2) is 36.4 Å². The summed E-state index contributed by atoms with van der Waals surface area (Å²) < 4.78 is 29.9. The topological polar surface area (TPSA) is 48.0 Å². The molecule has 2 aromatic carbocycles. The summed E-state index contributed by atoms with van der Waals surface area (Å²) in [6, 6.07) is 9.90. The first-order valence-electron chi connectivity index (χ1n) is 8.28. The number of nitrogens with zero attached hydrogens (tertiary/aromatic N) is 1. The molecular formula is C20H21FNO4. The van der Waals surface area contributed by atoms with Crippen LogP contribution in [0.4, 0.5) is 4.39 Å². The molecule has 1 heterocycles. The summed E-state index contributed by atoms with van der Waals surface area (Å²) in [5.74, 6) is 1.79. The molecule has 0 aromatic heterocycles. The Bertz CT molecular complexity index is 783. The zero-order chi connectivity index (χ0) is 18.7. The molecule has 1 amide bonds. The third kappa shape index (κ3) is 3.31. The van der Waals surface area contributed by atoms with E-state index in [0.717, 1.165) is 5.92 Å². The molecule has 3 rings (SSSR count). The van der Waals surface area contributed by atoms with Gasteiger partial charge in [0.25, 0.3) is 5.91 Å². The van der Waals surface area contributed by atoms with E-state index in [-0.39, 0.29) is 11.7 Å². The number of hydrogen-bond donors (Lipinski definition) is 0. The minimum Gasteiger partial charge on any atom is -0.493 e. The van der Waals surface area contributed by atoms with Crippen molar-refractivity contribution in [1.29, 1.82) is 0 Å². The van der Waals surface area contributed by atoms with Crippen molar-refractivity contribution in [1.82, 2.24) is 4.90 Å². The van der Waals surface area contributed by atoms with E-state index in [1.807, 2.05) is 0 Å². The highest BCUT2D eigenvalue weighted by atomic mass is 19.1. The van der Waals surface area contributed by atoms with E-state index in [2.05, 4.69) is 0 Å². The van der Waals surface area contributed by atoms with Gasteiger partial charge in [0.05, 0.1) is 21.3 Å². The summed E-state index contributed by atoms with van der Waals surface area (Å²) >= 11 is 0. The largest absolute Gasteiger partial charge is 0.493 e. The first-order chi connectivity index (χ1) is 12.6. The average Bonchev–Trinajstić information content (AvgIpc) is 3.16. The zero-order valence-corrected chi connectivity index (χ0v) is 15.0. The van der Waals surface area contributed by atoms with E-state index in [9.17, 15) is 9.18 Å². The third-order valence-corrected chi connectivity index (χ3v) is 4.52. The monoisotopic (exact) mass is 358 g/mol. The van der Waals surface area contributed by atoms with Crippen LogP contribution in [0, 0.1) is 11.7 Å². The molecule has 6 heteroatoms. The van der Waals surface area contributed by atoms with Crippen LogP contribution in [0.2, 0.25) is 0 Å². The molecule has 0 atom stereocenters. The first-order valence-corrected chi connectivity index (χ1v) is 8.28. The molecule has 0 N–H and O–H groups in total. The summed E-state index contributed by atoms with van der Waals surface area (Å²) in [5.41, 5.74) is 1.02. The maximum absolute atomic E-state index is 14.0. The molecule has 0 unspecified atom stereocenters. The number of ether oxygens (including phenoxy) is 3. The number of rotatable bonds is 5. The number of benzene rings is 2. The molecule has 2 aromatic rings. The van der Waals surface area contributed by atoms with Gasteiger partial charge in [-0.25, -0.2) is 4.39 Å². The van der Waals surface area contributed by atoms with Crippen molar-refractivity contribution in [3.05, 3.63) is 59.3 Å². The predicted octanol–water partition coefficient (Wildman–Crippen LogP) is 3.32. The quantitative estimate of drug-likeness (QED) is 0.823. The van der Waals surface area contributed by atoms with Crippen molar-refractivity contribution >= 4 is 5.91 Å². The number of amides is 1. The van der Waals surface area contributed by atoms with Crippen LogP contribution in [0.3, 0.4) is 0 Å². The molecule has 0 spiro atoms. The van der Waals surface area contributed by atoms with E-state index in [0.29, 0.717) is 47.9 Å².